The Morgan fingerprint density at radius 1 is 1.00 bits per heavy atom. The number of ether oxygens (including phenoxy) is 1. The first-order valence-electron chi connectivity index (χ1n) is 18.9. The maximum absolute atomic E-state index is 13.8. The van der Waals surface area contributed by atoms with Gasteiger partial charge in [-0.05, 0) is 48.5 Å². The molecule has 298 valence electrons. The number of amides is 5. The highest BCUT2D eigenvalue weighted by Gasteiger charge is 2.44. The fraction of sp³-hybridized carbons (Fsp3) is 0.700. The normalized spacial score (nSPS) is 17.2. The molecule has 0 radical (unpaired) electrons. The second kappa shape index (κ2) is 27.7. The molecule has 5 N–H and O–H groups in total. The summed E-state index contributed by atoms with van der Waals surface area (Å²) in [5.41, 5.74) is 4.32. The number of nitrogens with two attached hydrogens (primary N) is 1. The Bertz CT molecular complexity index is 1180. The monoisotopic (exact) mass is 734 g/mol. The summed E-state index contributed by atoms with van der Waals surface area (Å²) >= 11 is 0. The molecule has 0 spiro atoms. The first kappa shape index (κ1) is 50.1. The van der Waals surface area contributed by atoms with Crippen molar-refractivity contribution in [3.05, 3.63) is 35.9 Å². The predicted octanol–water partition coefficient (Wildman–Crippen LogP) is 6.15. The van der Waals surface area contributed by atoms with E-state index in [-0.39, 0.29) is 43.1 Å². The number of carbonyl (C=O) groups is 6. The molecule has 1 saturated carbocycles. The van der Waals surface area contributed by atoms with E-state index in [1.165, 1.54) is 18.2 Å². The molecule has 52 heavy (non-hydrogen) atoms. The zero-order valence-electron chi connectivity index (χ0n) is 34.2. The molecule has 12 nitrogen and oxygen atoms in total. The number of urea groups is 1. The van der Waals surface area contributed by atoms with E-state index < -0.39 is 35.5 Å². The lowest BCUT2D eigenvalue weighted by molar-refractivity contribution is -0.143. The third-order valence-corrected chi connectivity index (χ3v) is 7.72. The minimum Gasteiger partial charge on any atom is -0.460 e. The van der Waals surface area contributed by atoms with Gasteiger partial charge < -0.3 is 31.3 Å². The molecule has 2 fully saturated rings. The Hall–Kier alpha value is -3.96. The van der Waals surface area contributed by atoms with Crippen molar-refractivity contribution >= 4 is 36.0 Å². The zero-order chi connectivity index (χ0) is 40.4. The van der Waals surface area contributed by atoms with Crippen molar-refractivity contribution < 1.29 is 33.5 Å². The summed E-state index contributed by atoms with van der Waals surface area (Å²) in [6.07, 6.45) is 5.88. The van der Waals surface area contributed by atoms with Crippen LogP contribution < -0.4 is 21.7 Å². The number of Topliss-reactive ketones (excluding diaryl/α,β-unsaturated/α-hetero) is 1. The van der Waals surface area contributed by atoms with Crippen LogP contribution in [0.25, 0.3) is 0 Å². The molecule has 0 bridgehead atoms. The number of esters is 1. The smallest absolute Gasteiger partial charge is 0.325 e. The predicted molar refractivity (Wildman–Crippen MR) is 208 cm³/mol. The number of rotatable bonds is 11. The third-order valence-electron chi connectivity index (χ3n) is 7.72. The van der Waals surface area contributed by atoms with Crippen LogP contribution in [0.15, 0.2) is 30.3 Å². The summed E-state index contributed by atoms with van der Waals surface area (Å²) in [6, 6.07) is 6.27. The van der Waals surface area contributed by atoms with Crippen molar-refractivity contribution in [2.24, 2.45) is 28.9 Å². The van der Waals surface area contributed by atoms with Gasteiger partial charge in [-0.1, -0.05) is 132 Å². The van der Waals surface area contributed by atoms with E-state index in [4.69, 9.17) is 9.53 Å². The van der Waals surface area contributed by atoms with Crippen molar-refractivity contribution in [3.8, 4) is 0 Å². The van der Waals surface area contributed by atoms with Gasteiger partial charge in [-0.2, -0.15) is 0 Å². The molecular formula is C40H71N5O7. The topological polar surface area (TPSA) is 177 Å². The lowest BCUT2D eigenvalue weighted by Gasteiger charge is -2.36. The number of carbonyl (C=O) groups excluding carboxylic acids is 6. The molecular weight excluding hydrogens is 662 g/mol. The van der Waals surface area contributed by atoms with E-state index in [1.807, 2.05) is 71.9 Å². The summed E-state index contributed by atoms with van der Waals surface area (Å²) < 4.78 is 5.19. The number of hydrogen-bond acceptors (Lipinski definition) is 7. The van der Waals surface area contributed by atoms with Gasteiger partial charge in [0.25, 0.3) is 0 Å². The molecule has 1 aliphatic carbocycles. The molecule has 2 aliphatic rings. The average molecular weight is 734 g/mol. The van der Waals surface area contributed by atoms with Crippen LogP contribution in [0.5, 0.6) is 0 Å². The maximum atomic E-state index is 13.8. The number of primary amides is 1. The second-order valence-electron chi connectivity index (χ2n) is 14.9. The van der Waals surface area contributed by atoms with Crippen LogP contribution >= 0.6 is 0 Å². The van der Waals surface area contributed by atoms with Gasteiger partial charge in [0.15, 0.2) is 5.78 Å². The first-order valence-corrected chi connectivity index (χ1v) is 18.9. The lowest BCUT2D eigenvalue weighted by atomic mass is 9.80. The van der Waals surface area contributed by atoms with Gasteiger partial charge in [0, 0.05) is 6.54 Å². The Morgan fingerprint density at radius 3 is 1.96 bits per heavy atom. The van der Waals surface area contributed by atoms with E-state index in [1.54, 1.807) is 0 Å². The van der Waals surface area contributed by atoms with Gasteiger partial charge in [-0.25, -0.2) is 4.79 Å². The number of likely N-dealkylation sites (tertiary alicyclic amines) is 1. The van der Waals surface area contributed by atoms with Crippen LogP contribution in [0.1, 0.15) is 127 Å². The van der Waals surface area contributed by atoms with Crippen molar-refractivity contribution in [2.45, 2.75) is 146 Å². The Kier molecular flexibility index (Phi) is 26.7. The van der Waals surface area contributed by atoms with Crippen LogP contribution in [0.2, 0.25) is 0 Å². The van der Waals surface area contributed by atoms with Crippen LogP contribution in [-0.2, 0) is 35.3 Å². The zero-order valence-corrected chi connectivity index (χ0v) is 34.2. The second-order valence-corrected chi connectivity index (χ2v) is 14.9. The fourth-order valence-electron chi connectivity index (χ4n) is 5.13. The standard InChI is InChI=1S/C30H44N4O6.C4H10.C3H8.C2H6.CH3NO/c1-19-14-24(27(37)32-23(20(2)35)15-21-12-9-13-21)34(17-19)28(38)26(30(3,4)5)33-29(39)31-16-25(36)40-18-22-10-7-6-8-11-22;1-4(2)3;1-3-2;1-2;2-1-3/h6-8,10-11,19,21,23-24,26H,9,12-18H2,1-5H3,(H,32,37)(H2,31,33,39);4H,1-3H3;3H2,1-2H3;1-2H3;1H,(H2,2,3)/t19-,23?,24?,26?;;;;/m1..../s1. The number of hydrogen-bond donors (Lipinski definition) is 4. The molecule has 1 aromatic carbocycles. The summed E-state index contributed by atoms with van der Waals surface area (Å²) in [4.78, 5) is 74.3. The van der Waals surface area contributed by atoms with Crippen LogP contribution in [0.4, 0.5) is 4.79 Å². The Labute approximate surface area is 314 Å². The molecule has 3 rings (SSSR count). The van der Waals surface area contributed by atoms with Crippen molar-refractivity contribution in [1.29, 1.82) is 0 Å². The number of ketones is 1. The minimum atomic E-state index is -0.952. The van der Waals surface area contributed by atoms with E-state index >= 15 is 0 Å². The van der Waals surface area contributed by atoms with Gasteiger partial charge in [-0.3, -0.25) is 24.0 Å². The molecule has 3 unspecified atom stereocenters. The van der Waals surface area contributed by atoms with E-state index in [0.717, 1.165) is 30.7 Å². The van der Waals surface area contributed by atoms with Crippen LogP contribution in [0.3, 0.4) is 0 Å². The molecule has 0 aromatic heterocycles. The molecule has 5 amide bonds. The first-order chi connectivity index (χ1) is 24.4. The van der Waals surface area contributed by atoms with Gasteiger partial charge in [0.05, 0.1) is 6.04 Å². The van der Waals surface area contributed by atoms with Crippen molar-refractivity contribution in [2.75, 3.05) is 13.1 Å². The highest BCUT2D eigenvalue weighted by atomic mass is 16.5. The van der Waals surface area contributed by atoms with Crippen LogP contribution in [0, 0.1) is 23.2 Å². The molecule has 1 aromatic rings. The Morgan fingerprint density at radius 2 is 1.52 bits per heavy atom. The third kappa shape index (κ3) is 21.4. The molecule has 1 heterocycles. The number of nitrogens with zero attached hydrogens (tertiary/aromatic N) is 1. The van der Waals surface area contributed by atoms with Crippen molar-refractivity contribution in [1.82, 2.24) is 20.9 Å². The van der Waals surface area contributed by atoms with E-state index in [9.17, 15) is 24.0 Å². The van der Waals surface area contributed by atoms with Gasteiger partial charge in [0.2, 0.25) is 18.2 Å². The fourth-order valence-corrected chi connectivity index (χ4v) is 5.13. The van der Waals surface area contributed by atoms with Crippen molar-refractivity contribution in [3.63, 3.8) is 0 Å². The highest BCUT2D eigenvalue weighted by molar-refractivity contribution is 5.95. The van der Waals surface area contributed by atoms with Gasteiger partial charge >= 0.3 is 12.0 Å². The maximum Gasteiger partial charge on any atom is 0.325 e. The van der Waals surface area contributed by atoms with E-state index in [0.29, 0.717) is 25.3 Å². The molecule has 12 heteroatoms. The Balaban J connectivity index is 0. The lowest BCUT2D eigenvalue weighted by Crippen LogP contribution is -2.60. The number of benzene rings is 1. The van der Waals surface area contributed by atoms with E-state index in [2.05, 4.69) is 56.3 Å². The SMILES string of the molecule is CC.CC(=O)C(CC1CCC1)NC(=O)C1C[C@@H](C)CN1C(=O)C(NC(=O)NCC(=O)OCc1ccccc1)C(C)(C)C.CC(C)C.CCC.NC=O. The largest absolute Gasteiger partial charge is 0.460 e. The van der Waals surface area contributed by atoms with Gasteiger partial charge in [0.1, 0.15) is 25.2 Å². The van der Waals surface area contributed by atoms with Crippen LogP contribution in [-0.4, -0.2) is 72.1 Å². The summed E-state index contributed by atoms with van der Waals surface area (Å²) in [7, 11) is 0. The minimum absolute atomic E-state index is 0.0796. The number of nitrogens with one attached hydrogen (secondary N) is 3. The highest BCUT2D eigenvalue weighted by Crippen LogP contribution is 2.31. The summed E-state index contributed by atoms with van der Waals surface area (Å²) in [5, 5.41) is 8.07. The quantitative estimate of drug-likeness (QED) is 0.156. The average Bonchev–Trinajstić information content (AvgIpc) is 3.45. The molecule has 4 atom stereocenters. The summed E-state index contributed by atoms with van der Waals surface area (Å²) in [6.45, 7) is 23.8. The molecule has 1 aliphatic heterocycles. The van der Waals surface area contributed by atoms with Gasteiger partial charge in [-0.15, -0.1) is 0 Å². The summed E-state index contributed by atoms with van der Waals surface area (Å²) in [5.74, 6) is -0.0521. The molecule has 1 saturated heterocycles.